The average Bonchev–Trinajstić information content (AvgIpc) is 2.64. The van der Waals surface area contributed by atoms with Gasteiger partial charge in [-0.25, -0.2) is 4.98 Å². The first-order valence-corrected chi connectivity index (χ1v) is 8.41. The predicted octanol–water partition coefficient (Wildman–Crippen LogP) is 4.40. The number of aromatic nitrogens is 1. The fourth-order valence-electron chi connectivity index (χ4n) is 1.81. The van der Waals surface area contributed by atoms with Crippen LogP contribution in [0.4, 0.5) is 0 Å². The Bertz CT molecular complexity index is 580. The molecule has 0 aliphatic carbocycles. The van der Waals surface area contributed by atoms with Crippen LogP contribution in [0.1, 0.15) is 27.7 Å². The van der Waals surface area contributed by atoms with Crippen molar-refractivity contribution in [3.05, 3.63) is 48.7 Å². The van der Waals surface area contributed by atoms with Gasteiger partial charge in [-0.15, -0.1) is 0 Å². The molecule has 0 aliphatic rings. The van der Waals surface area contributed by atoms with Gasteiger partial charge < -0.3 is 9.47 Å². The van der Waals surface area contributed by atoms with E-state index in [4.69, 9.17) is 9.47 Å². The van der Waals surface area contributed by atoms with Crippen molar-refractivity contribution in [3.63, 3.8) is 0 Å². The Labute approximate surface area is 144 Å². The molecule has 4 nitrogen and oxygen atoms in total. The smallest absolute Gasteiger partial charge is 0.213 e. The van der Waals surface area contributed by atoms with E-state index in [1.54, 1.807) is 6.20 Å². The number of nitrogens with zero attached hydrogens (tertiary/aromatic N) is 1. The molecule has 24 heavy (non-hydrogen) atoms. The minimum atomic E-state index is 0.00751. The lowest BCUT2D eigenvalue weighted by molar-refractivity contribution is -0.126. The van der Waals surface area contributed by atoms with Crippen LogP contribution in [0.25, 0.3) is 11.1 Å². The van der Waals surface area contributed by atoms with Crippen LogP contribution in [0.2, 0.25) is 0 Å². The van der Waals surface area contributed by atoms with Crippen molar-refractivity contribution in [2.75, 3.05) is 19.8 Å². The molecule has 2 rings (SSSR count). The highest BCUT2D eigenvalue weighted by molar-refractivity contribution is 5.81. The van der Waals surface area contributed by atoms with Crippen molar-refractivity contribution in [1.29, 1.82) is 0 Å². The van der Waals surface area contributed by atoms with E-state index in [-0.39, 0.29) is 18.3 Å². The first kappa shape index (κ1) is 19.8. The van der Waals surface area contributed by atoms with Crippen LogP contribution in [0.3, 0.4) is 0 Å². The lowest BCUT2D eigenvalue weighted by atomic mass is 10.1. The summed E-state index contributed by atoms with van der Waals surface area (Å²) in [5.41, 5.74) is 2.17. The zero-order valence-electron chi connectivity index (χ0n) is 15.0. The lowest BCUT2D eigenvalue weighted by Gasteiger charge is -2.08. The van der Waals surface area contributed by atoms with Gasteiger partial charge in [-0.1, -0.05) is 58.0 Å². The van der Waals surface area contributed by atoms with Crippen molar-refractivity contribution in [2.24, 2.45) is 5.92 Å². The van der Waals surface area contributed by atoms with E-state index in [1.165, 1.54) is 0 Å². The van der Waals surface area contributed by atoms with Crippen LogP contribution in [0.5, 0.6) is 5.88 Å². The van der Waals surface area contributed by atoms with Crippen LogP contribution in [0, 0.1) is 5.92 Å². The number of carbonyl (C=O) groups is 1. The second-order valence-electron chi connectivity index (χ2n) is 5.27. The van der Waals surface area contributed by atoms with E-state index in [0.29, 0.717) is 19.1 Å². The van der Waals surface area contributed by atoms with Crippen LogP contribution in [0.15, 0.2) is 48.7 Å². The summed E-state index contributed by atoms with van der Waals surface area (Å²) in [5, 5.41) is 0. The summed E-state index contributed by atoms with van der Waals surface area (Å²) in [4.78, 5) is 15.6. The van der Waals surface area contributed by atoms with Crippen molar-refractivity contribution in [3.8, 4) is 17.0 Å². The molecule has 0 fully saturated rings. The fourth-order valence-corrected chi connectivity index (χ4v) is 1.81. The predicted molar refractivity (Wildman–Crippen MR) is 97.2 cm³/mol. The SMILES string of the molecule is CC.CC(C)C(=O)COCCOc1ccc(-c2ccccc2)cn1. The molecule has 1 heterocycles. The molecule has 0 radical (unpaired) electrons. The van der Waals surface area contributed by atoms with Crippen molar-refractivity contribution in [1.82, 2.24) is 4.98 Å². The summed E-state index contributed by atoms with van der Waals surface area (Å²) < 4.78 is 10.8. The number of carbonyl (C=O) groups excluding carboxylic acids is 1. The highest BCUT2D eigenvalue weighted by Crippen LogP contribution is 2.19. The Balaban J connectivity index is 0.00000139. The second kappa shape index (κ2) is 11.4. The summed E-state index contributed by atoms with van der Waals surface area (Å²) in [6, 6.07) is 13.9. The quantitative estimate of drug-likeness (QED) is 0.674. The van der Waals surface area contributed by atoms with Gasteiger partial charge in [0.15, 0.2) is 5.78 Å². The van der Waals surface area contributed by atoms with Gasteiger partial charge in [-0.3, -0.25) is 4.79 Å². The summed E-state index contributed by atoms with van der Waals surface area (Å²) in [7, 11) is 0. The number of benzene rings is 1. The third-order valence-corrected chi connectivity index (χ3v) is 3.21. The van der Waals surface area contributed by atoms with Gasteiger partial charge in [-0.05, 0) is 11.6 Å². The van der Waals surface area contributed by atoms with E-state index in [1.807, 2.05) is 70.2 Å². The minimum absolute atomic E-state index is 0.00751. The largest absolute Gasteiger partial charge is 0.475 e. The molecule has 0 atom stereocenters. The molecular weight excluding hydrogens is 302 g/mol. The molecular formula is C20H27NO3. The first-order chi connectivity index (χ1) is 11.7. The minimum Gasteiger partial charge on any atom is -0.475 e. The average molecular weight is 329 g/mol. The molecule has 0 saturated heterocycles. The van der Waals surface area contributed by atoms with Crippen molar-refractivity contribution < 1.29 is 14.3 Å². The zero-order valence-corrected chi connectivity index (χ0v) is 15.0. The normalized spacial score (nSPS) is 10.0. The molecule has 0 bridgehead atoms. The molecule has 0 unspecified atom stereocenters. The molecule has 0 aliphatic heterocycles. The van der Waals surface area contributed by atoms with Crippen LogP contribution in [-0.4, -0.2) is 30.6 Å². The molecule has 130 valence electrons. The summed E-state index contributed by atoms with van der Waals surface area (Å²) in [6.07, 6.45) is 1.79. The number of ketones is 1. The third-order valence-electron chi connectivity index (χ3n) is 3.21. The summed E-state index contributed by atoms with van der Waals surface area (Å²) in [5.74, 6) is 0.664. The first-order valence-electron chi connectivity index (χ1n) is 8.41. The highest BCUT2D eigenvalue weighted by Gasteiger charge is 2.06. The molecule has 1 aromatic carbocycles. The van der Waals surface area contributed by atoms with Gasteiger partial charge in [0.1, 0.15) is 13.2 Å². The van der Waals surface area contributed by atoms with Crippen LogP contribution >= 0.6 is 0 Å². The fraction of sp³-hybridized carbons (Fsp3) is 0.400. The number of pyridine rings is 1. The van der Waals surface area contributed by atoms with Gasteiger partial charge in [0.05, 0.1) is 6.61 Å². The maximum Gasteiger partial charge on any atom is 0.213 e. The maximum atomic E-state index is 11.4. The van der Waals surface area contributed by atoms with E-state index in [2.05, 4.69) is 4.98 Å². The monoisotopic (exact) mass is 329 g/mol. The third kappa shape index (κ3) is 6.92. The molecule has 0 saturated carbocycles. The van der Waals surface area contributed by atoms with Gasteiger partial charge in [0.25, 0.3) is 0 Å². The van der Waals surface area contributed by atoms with Crippen molar-refractivity contribution in [2.45, 2.75) is 27.7 Å². The standard InChI is InChI=1S/C18H21NO3.C2H6/c1-14(2)17(20)13-21-10-11-22-18-9-8-16(12-19-18)15-6-4-3-5-7-15;1-2/h3-9,12,14H,10-11,13H2,1-2H3;1-2H3. The maximum absolute atomic E-state index is 11.4. The number of hydrogen-bond donors (Lipinski definition) is 0. The highest BCUT2D eigenvalue weighted by atomic mass is 16.5. The Hall–Kier alpha value is -2.20. The van der Waals surface area contributed by atoms with Crippen LogP contribution < -0.4 is 4.74 Å². The van der Waals surface area contributed by atoms with E-state index < -0.39 is 0 Å². The molecule has 0 N–H and O–H groups in total. The van der Waals surface area contributed by atoms with Gasteiger partial charge in [0.2, 0.25) is 5.88 Å². The summed E-state index contributed by atoms with van der Waals surface area (Å²) in [6.45, 7) is 8.62. The van der Waals surface area contributed by atoms with Crippen LogP contribution in [-0.2, 0) is 9.53 Å². The van der Waals surface area contributed by atoms with Crippen molar-refractivity contribution >= 4 is 5.78 Å². The number of Topliss-reactive ketones (excluding diaryl/α,β-unsaturated/α-hetero) is 1. The van der Waals surface area contributed by atoms with Gasteiger partial charge in [-0.2, -0.15) is 0 Å². The Kier molecular flexibility index (Phi) is 9.39. The Morgan fingerprint density at radius 2 is 1.71 bits per heavy atom. The molecule has 2 aromatic rings. The molecule has 1 aromatic heterocycles. The second-order valence-corrected chi connectivity index (χ2v) is 5.27. The molecule has 0 amide bonds. The summed E-state index contributed by atoms with van der Waals surface area (Å²) >= 11 is 0. The van der Waals surface area contributed by atoms with E-state index >= 15 is 0 Å². The Morgan fingerprint density at radius 3 is 2.29 bits per heavy atom. The molecule has 0 spiro atoms. The van der Waals surface area contributed by atoms with E-state index in [0.717, 1.165) is 11.1 Å². The zero-order chi connectivity index (χ0) is 17.8. The van der Waals surface area contributed by atoms with Gasteiger partial charge in [0, 0.05) is 23.7 Å². The number of hydrogen-bond acceptors (Lipinski definition) is 4. The molecule has 4 heteroatoms. The van der Waals surface area contributed by atoms with E-state index in [9.17, 15) is 4.79 Å². The number of ether oxygens (including phenoxy) is 2. The topological polar surface area (TPSA) is 48.4 Å². The lowest BCUT2D eigenvalue weighted by Crippen LogP contribution is -2.17. The Morgan fingerprint density at radius 1 is 1.00 bits per heavy atom. The van der Waals surface area contributed by atoms with Gasteiger partial charge >= 0.3 is 0 Å². The number of rotatable bonds is 8.